The number of carboxylic acids is 1. The SMILES string of the molecule is CC(C)C[C@H](NC(=O)[C@H](CC(C)C)N[C@H](CCN1C(=O)c2cc3ccccc3cc2C1=O)C(=O)O)C(=O)NCCN1CCOCC1. The average molecular weight is 638 g/mol. The molecule has 2 aliphatic rings. The number of ether oxygens (including phenoxy) is 1. The van der Waals surface area contributed by atoms with Gasteiger partial charge in [-0.25, -0.2) is 0 Å². The number of rotatable bonds is 16. The lowest BCUT2D eigenvalue weighted by molar-refractivity contribution is -0.140. The summed E-state index contributed by atoms with van der Waals surface area (Å²) in [6, 6.07) is 7.89. The number of imide groups is 1. The second-order valence-electron chi connectivity index (χ2n) is 13.0. The lowest BCUT2D eigenvalue weighted by atomic mass is 9.99. The molecule has 2 heterocycles. The van der Waals surface area contributed by atoms with Gasteiger partial charge >= 0.3 is 5.97 Å². The number of amides is 4. The monoisotopic (exact) mass is 637 g/mol. The van der Waals surface area contributed by atoms with Crippen LogP contribution < -0.4 is 16.0 Å². The third kappa shape index (κ3) is 9.11. The molecule has 2 aromatic carbocycles. The summed E-state index contributed by atoms with van der Waals surface area (Å²) in [5.74, 6) is -2.74. The van der Waals surface area contributed by atoms with Crippen LogP contribution in [-0.2, 0) is 19.1 Å². The number of aliphatic carboxylic acids is 1. The second kappa shape index (κ2) is 16.1. The van der Waals surface area contributed by atoms with Crippen LogP contribution in [0.1, 0.15) is 67.7 Å². The van der Waals surface area contributed by atoms with Gasteiger partial charge in [0.2, 0.25) is 11.8 Å². The fourth-order valence-electron chi connectivity index (χ4n) is 5.94. The minimum atomic E-state index is -1.22. The van der Waals surface area contributed by atoms with Gasteiger partial charge in [-0.2, -0.15) is 0 Å². The summed E-state index contributed by atoms with van der Waals surface area (Å²) < 4.78 is 5.37. The van der Waals surface area contributed by atoms with E-state index in [1.54, 1.807) is 12.1 Å². The number of nitrogens with one attached hydrogen (secondary N) is 3. The smallest absolute Gasteiger partial charge is 0.320 e. The lowest BCUT2D eigenvalue weighted by Gasteiger charge is -2.28. The molecule has 12 nitrogen and oxygen atoms in total. The van der Waals surface area contributed by atoms with E-state index >= 15 is 0 Å². The molecule has 0 aromatic heterocycles. The third-order valence-corrected chi connectivity index (χ3v) is 8.37. The van der Waals surface area contributed by atoms with Crippen LogP contribution in [-0.4, -0.2) is 109 Å². The van der Waals surface area contributed by atoms with Gasteiger partial charge in [0.1, 0.15) is 12.1 Å². The molecule has 1 fully saturated rings. The van der Waals surface area contributed by atoms with Crippen LogP contribution >= 0.6 is 0 Å². The zero-order valence-electron chi connectivity index (χ0n) is 27.2. The van der Waals surface area contributed by atoms with Gasteiger partial charge in [-0.15, -0.1) is 0 Å². The number of morpholine rings is 1. The van der Waals surface area contributed by atoms with E-state index < -0.39 is 41.8 Å². The number of carboxylic acid groups (broad SMARTS) is 1. The van der Waals surface area contributed by atoms with Crippen molar-refractivity contribution in [2.45, 2.75) is 65.1 Å². The van der Waals surface area contributed by atoms with Crippen LogP contribution in [0.5, 0.6) is 0 Å². The van der Waals surface area contributed by atoms with Gasteiger partial charge < -0.3 is 20.5 Å². The Balaban J connectivity index is 1.40. The molecule has 0 saturated carbocycles. The normalized spacial score (nSPS) is 17.3. The Hall–Kier alpha value is -3.87. The Bertz CT molecular complexity index is 1370. The average Bonchev–Trinajstić information content (AvgIpc) is 3.24. The van der Waals surface area contributed by atoms with Crippen LogP contribution in [0.4, 0.5) is 0 Å². The molecule has 46 heavy (non-hydrogen) atoms. The van der Waals surface area contributed by atoms with Crippen molar-refractivity contribution in [1.29, 1.82) is 0 Å². The van der Waals surface area contributed by atoms with Gasteiger partial charge in [-0.05, 0) is 54.0 Å². The molecule has 0 aliphatic carbocycles. The first kappa shape index (κ1) is 35.0. The fraction of sp³-hybridized carbons (Fsp3) is 0.559. The molecule has 4 amide bonds. The minimum absolute atomic E-state index is 0.0361. The molecule has 0 unspecified atom stereocenters. The molecule has 250 valence electrons. The maximum atomic E-state index is 13.6. The molecular formula is C34H47N5O7. The zero-order chi connectivity index (χ0) is 33.4. The largest absolute Gasteiger partial charge is 0.480 e. The van der Waals surface area contributed by atoms with Gasteiger partial charge in [-0.1, -0.05) is 52.0 Å². The maximum absolute atomic E-state index is 13.6. The van der Waals surface area contributed by atoms with Crippen LogP contribution in [0.2, 0.25) is 0 Å². The highest BCUT2D eigenvalue weighted by Gasteiger charge is 2.37. The minimum Gasteiger partial charge on any atom is -0.480 e. The summed E-state index contributed by atoms with van der Waals surface area (Å²) in [5.41, 5.74) is 0.583. The number of benzene rings is 2. The van der Waals surface area contributed by atoms with Crippen molar-refractivity contribution in [3.05, 3.63) is 47.5 Å². The van der Waals surface area contributed by atoms with E-state index in [1.165, 1.54) is 0 Å². The van der Waals surface area contributed by atoms with Crippen LogP contribution in [0.15, 0.2) is 36.4 Å². The highest BCUT2D eigenvalue weighted by atomic mass is 16.5. The number of carbonyl (C=O) groups is 5. The molecule has 1 saturated heterocycles. The number of carbonyl (C=O) groups excluding carboxylic acids is 4. The molecule has 12 heteroatoms. The van der Waals surface area contributed by atoms with Gasteiger partial charge in [0.15, 0.2) is 0 Å². The summed E-state index contributed by atoms with van der Waals surface area (Å²) in [4.78, 5) is 68.7. The van der Waals surface area contributed by atoms with E-state index in [0.717, 1.165) is 28.8 Å². The summed E-state index contributed by atoms with van der Waals surface area (Å²) in [6.07, 6.45) is 0.641. The Morgan fingerprint density at radius 3 is 1.93 bits per heavy atom. The van der Waals surface area contributed by atoms with E-state index in [4.69, 9.17) is 4.74 Å². The Morgan fingerprint density at radius 2 is 1.39 bits per heavy atom. The first-order chi connectivity index (χ1) is 21.9. The molecule has 4 rings (SSSR count). The predicted octanol–water partition coefficient (Wildman–Crippen LogP) is 2.26. The van der Waals surface area contributed by atoms with Crippen molar-refractivity contribution >= 4 is 40.4 Å². The van der Waals surface area contributed by atoms with Gasteiger partial charge in [-0.3, -0.25) is 39.1 Å². The van der Waals surface area contributed by atoms with E-state index in [9.17, 15) is 29.1 Å². The van der Waals surface area contributed by atoms with E-state index in [1.807, 2.05) is 52.0 Å². The standard InChI is InChI=1S/C34H47N5O7/c1-21(2)17-28(30(40)35-10-12-38-13-15-46-16-14-38)37-31(41)29(18-22(3)4)36-27(34(44)45)9-11-39-32(42)25-19-23-7-5-6-8-24(23)20-26(25)33(39)43/h5-8,19-22,27-29,36H,9-18H2,1-4H3,(H,35,40)(H,37,41)(H,44,45)/t27-,28+,29+/m1/s1. The van der Waals surface area contributed by atoms with Crippen LogP contribution in [0, 0.1) is 11.8 Å². The van der Waals surface area contributed by atoms with E-state index in [2.05, 4.69) is 20.9 Å². The van der Waals surface area contributed by atoms with Crippen molar-refractivity contribution in [2.75, 3.05) is 45.9 Å². The Labute approximate surface area is 270 Å². The zero-order valence-corrected chi connectivity index (χ0v) is 27.2. The number of nitrogens with zero attached hydrogens (tertiary/aromatic N) is 2. The second-order valence-corrected chi connectivity index (χ2v) is 13.0. The highest BCUT2D eigenvalue weighted by molar-refractivity contribution is 6.23. The molecule has 4 N–H and O–H groups in total. The lowest BCUT2D eigenvalue weighted by Crippen LogP contribution is -2.56. The molecule has 3 atom stereocenters. The summed E-state index contributed by atoms with van der Waals surface area (Å²) in [5, 5.41) is 20.5. The fourth-order valence-corrected chi connectivity index (χ4v) is 5.94. The molecule has 2 aliphatic heterocycles. The topological polar surface area (TPSA) is 157 Å². The maximum Gasteiger partial charge on any atom is 0.320 e. The van der Waals surface area contributed by atoms with Gasteiger partial charge in [0.25, 0.3) is 11.8 Å². The quantitative estimate of drug-likeness (QED) is 0.203. The molecule has 0 spiro atoms. The summed E-state index contributed by atoms with van der Waals surface area (Å²) in [7, 11) is 0. The van der Waals surface area contributed by atoms with Gasteiger partial charge in [0.05, 0.1) is 30.4 Å². The molecule has 2 aromatic rings. The summed E-state index contributed by atoms with van der Waals surface area (Å²) in [6.45, 7) is 11.7. The molecular weight excluding hydrogens is 590 g/mol. The molecule has 0 bridgehead atoms. The first-order valence-corrected chi connectivity index (χ1v) is 16.2. The highest BCUT2D eigenvalue weighted by Crippen LogP contribution is 2.28. The van der Waals surface area contributed by atoms with Crippen molar-refractivity contribution in [2.24, 2.45) is 11.8 Å². The number of fused-ring (bicyclic) bond motifs is 2. The molecule has 0 radical (unpaired) electrons. The number of hydrogen-bond acceptors (Lipinski definition) is 8. The Morgan fingerprint density at radius 1 is 0.826 bits per heavy atom. The predicted molar refractivity (Wildman–Crippen MR) is 173 cm³/mol. The van der Waals surface area contributed by atoms with Crippen molar-refractivity contribution in [1.82, 2.24) is 25.8 Å². The van der Waals surface area contributed by atoms with Crippen LogP contribution in [0.3, 0.4) is 0 Å². The van der Waals surface area contributed by atoms with E-state index in [-0.39, 0.29) is 30.7 Å². The van der Waals surface area contributed by atoms with Gasteiger partial charge in [0, 0.05) is 32.7 Å². The van der Waals surface area contributed by atoms with Crippen molar-refractivity contribution < 1.29 is 33.8 Å². The summed E-state index contributed by atoms with van der Waals surface area (Å²) >= 11 is 0. The Kier molecular flexibility index (Phi) is 12.3. The number of hydrogen-bond donors (Lipinski definition) is 4. The van der Waals surface area contributed by atoms with Crippen molar-refractivity contribution in [3.63, 3.8) is 0 Å². The first-order valence-electron chi connectivity index (χ1n) is 16.2. The van der Waals surface area contributed by atoms with Crippen molar-refractivity contribution in [3.8, 4) is 0 Å². The van der Waals surface area contributed by atoms with Crippen LogP contribution in [0.25, 0.3) is 10.8 Å². The van der Waals surface area contributed by atoms with E-state index in [0.29, 0.717) is 50.3 Å². The third-order valence-electron chi connectivity index (χ3n) is 8.37.